The standard InChI is InChI=1S/C25H20ClFN4S2/c1-14-9-18-19(12-22(23-5-4-8-32-23)28-21(18)10-15(14)2)24-29-30-25(31(24)3)33-13-16-6-7-17(27)11-20(16)26/h4-12H,13H2,1-3H3. The Morgan fingerprint density at radius 2 is 1.88 bits per heavy atom. The van der Waals surface area contributed by atoms with Gasteiger partial charge >= 0.3 is 0 Å². The highest BCUT2D eigenvalue weighted by atomic mass is 35.5. The molecule has 3 aromatic heterocycles. The van der Waals surface area contributed by atoms with E-state index in [-0.39, 0.29) is 5.82 Å². The maximum absolute atomic E-state index is 13.4. The van der Waals surface area contributed by atoms with Gasteiger partial charge in [0.25, 0.3) is 0 Å². The SMILES string of the molecule is Cc1cc2nc(-c3cccs3)cc(-c3nnc(SCc4ccc(F)cc4Cl)n3C)c2cc1C. The zero-order valence-corrected chi connectivity index (χ0v) is 20.7. The molecule has 0 amide bonds. The molecule has 3 heterocycles. The quantitative estimate of drug-likeness (QED) is 0.238. The van der Waals surface area contributed by atoms with Gasteiger partial charge in [0, 0.05) is 28.8 Å². The molecule has 0 radical (unpaired) electrons. The van der Waals surface area contributed by atoms with E-state index in [4.69, 9.17) is 16.6 Å². The van der Waals surface area contributed by atoms with Crippen molar-refractivity contribution in [3.8, 4) is 22.0 Å². The molecule has 0 unspecified atom stereocenters. The summed E-state index contributed by atoms with van der Waals surface area (Å²) in [5.74, 6) is 1.00. The highest BCUT2D eigenvalue weighted by Gasteiger charge is 2.18. The van der Waals surface area contributed by atoms with Crippen molar-refractivity contribution in [2.45, 2.75) is 24.8 Å². The van der Waals surface area contributed by atoms with E-state index < -0.39 is 0 Å². The van der Waals surface area contributed by atoms with Crippen LogP contribution < -0.4 is 0 Å². The van der Waals surface area contributed by atoms with E-state index in [0.717, 1.165) is 43.6 Å². The number of fused-ring (bicyclic) bond motifs is 1. The highest BCUT2D eigenvalue weighted by Crippen LogP contribution is 2.35. The summed E-state index contributed by atoms with van der Waals surface area (Å²) in [5, 5.41) is 13.2. The van der Waals surface area contributed by atoms with Crippen LogP contribution in [0, 0.1) is 19.7 Å². The summed E-state index contributed by atoms with van der Waals surface area (Å²) in [6.45, 7) is 4.21. The number of nitrogens with zero attached hydrogens (tertiary/aromatic N) is 4. The summed E-state index contributed by atoms with van der Waals surface area (Å²) < 4.78 is 15.3. The smallest absolute Gasteiger partial charge is 0.191 e. The van der Waals surface area contributed by atoms with Crippen molar-refractivity contribution >= 4 is 45.6 Å². The monoisotopic (exact) mass is 494 g/mol. The molecule has 0 bridgehead atoms. The van der Waals surface area contributed by atoms with Gasteiger partial charge < -0.3 is 4.57 Å². The Morgan fingerprint density at radius 3 is 2.64 bits per heavy atom. The van der Waals surface area contributed by atoms with Gasteiger partial charge in [-0.25, -0.2) is 9.37 Å². The summed E-state index contributed by atoms with van der Waals surface area (Å²) in [6.07, 6.45) is 0. The minimum Gasteiger partial charge on any atom is -0.305 e. The summed E-state index contributed by atoms with van der Waals surface area (Å²) in [7, 11) is 1.96. The van der Waals surface area contributed by atoms with Gasteiger partial charge in [-0.1, -0.05) is 35.5 Å². The summed E-state index contributed by atoms with van der Waals surface area (Å²) in [4.78, 5) is 6.05. The van der Waals surface area contributed by atoms with Gasteiger partial charge in [0.2, 0.25) is 0 Å². The van der Waals surface area contributed by atoms with Crippen LogP contribution in [-0.4, -0.2) is 19.7 Å². The topological polar surface area (TPSA) is 43.6 Å². The van der Waals surface area contributed by atoms with Gasteiger partial charge in [0.05, 0.1) is 16.1 Å². The van der Waals surface area contributed by atoms with Gasteiger partial charge in [-0.3, -0.25) is 0 Å². The van der Waals surface area contributed by atoms with Gasteiger partial charge in [0.15, 0.2) is 11.0 Å². The number of hydrogen-bond donors (Lipinski definition) is 0. The van der Waals surface area contributed by atoms with Crippen LogP contribution in [0.5, 0.6) is 0 Å². The fourth-order valence-corrected chi connectivity index (χ4v) is 5.59. The Balaban J connectivity index is 1.57. The van der Waals surface area contributed by atoms with Crippen molar-refractivity contribution in [2.24, 2.45) is 7.05 Å². The number of halogens is 2. The Labute approximate surface area is 204 Å². The third-order valence-electron chi connectivity index (χ3n) is 5.65. The molecule has 0 saturated carbocycles. The lowest BCUT2D eigenvalue weighted by Crippen LogP contribution is -1.98. The molecule has 0 aliphatic carbocycles. The van der Waals surface area contributed by atoms with Crippen molar-refractivity contribution in [3.63, 3.8) is 0 Å². The van der Waals surface area contributed by atoms with E-state index in [1.54, 1.807) is 17.4 Å². The van der Waals surface area contributed by atoms with Crippen LogP contribution in [0.3, 0.4) is 0 Å². The number of aromatic nitrogens is 4. The molecule has 0 fully saturated rings. The number of rotatable bonds is 5. The van der Waals surface area contributed by atoms with E-state index in [9.17, 15) is 4.39 Å². The number of thiophene rings is 1. The molecule has 166 valence electrons. The van der Waals surface area contributed by atoms with Crippen LogP contribution in [-0.2, 0) is 12.8 Å². The van der Waals surface area contributed by atoms with Crippen LogP contribution in [0.4, 0.5) is 4.39 Å². The number of thioether (sulfide) groups is 1. The lowest BCUT2D eigenvalue weighted by molar-refractivity contribution is 0.627. The molecule has 4 nitrogen and oxygen atoms in total. The third-order valence-corrected chi connectivity index (χ3v) is 7.96. The molecule has 5 aromatic rings. The molecule has 0 saturated heterocycles. The van der Waals surface area contributed by atoms with E-state index in [2.05, 4.69) is 53.7 Å². The van der Waals surface area contributed by atoms with Gasteiger partial charge in [-0.2, -0.15) is 0 Å². The first-order valence-electron chi connectivity index (χ1n) is 10.3. The molecule has 33 heavy (non-hydrogen) atoms. The minimum absolute atomic E-state index is 0.341. The van der Waals surface area contributed by atoms with Crippen molar-refractivity contribution in [3.05, 3.63) is 81.4 Å². The fraction of sp³-hybridized carbons (Fsp3) is 0.160. The van der Waals surface area contributed by atoms with Crippen LogP contribution in [0.15, 0.2) is 59.1 Å². The molecule has 0 atom stereocenters. The van der Waals surface area contributed by atoms with Crippen LogP contribution in [0.2, 0.25) is 5.02 Å². The molecule has 0 spiro atoms. The number of pyridine rings is 1. The second kappa shape index (κ2) is 8.89. The molecule has 0 aliphatic rings. The van der Waals surface area contributed by atoms with Gasteiger partial charge in [0.1, 0.15) is 5.82 Å². The maximum atomic E-state index is 13.4. The molecule has 0 aliphatic heterocycles. The van der Waals surface area contributed by atoms with Crippen molar-refractivity contribution < 1.29 is 4.39 Å². The van der Waals surface area contributed by atoms with Crippen molar-refractivity contribution in [1.82, 2.24) is 19.7 Å². The number of benzene rings is 2. The Hall–Kier alpha value is -2.74. The molecule has 0 N–H and O–H groups in total. The first kappa shape index (κ1) is 22.1. The molecule has 8 heteroatoms. The predicted octanol–water partition coefficient (Wildman–Crippen LogP) is 7.46. The average molecular weight is 495 g/mol. The fourth-order valence-electron chi connectivity index (χ4n) is 3.68. The molecular weight excluding hydrogens is 475 g/mol. The highest BCUT2D eigenvalue weighted by molar-refractivity contribution is 7.98. The van der Waals surface area contributed by atoms with Crippen molar-refractivity contribution in [2.75, 3.05) is 0 Å². The Bertz CT molecular complexity index is 1480. The number of hydrogen-bond acceptors (Lipinski definition) is 5. The lowest BCUT2D eigenvalue weighted by atomic mass is 10.0. The number of aryl methyl sites for hydroxylation is 2. The van der Waals surface area contributed by atoms with Crippen LogP contribution >= 0.6 is 34.7 Å². The normalized spacial score (nSPS) is 11.4. The zero-order valence-electron chi connectivity index (χ0n) is 18.3. The Kier molecular flexibility index (Phi) is 5.95. The van der Waals surface area contributed by atoms with E-state index in [0.29, 0.717) is 10.8 Å². The van der Waals surface area contributed by atoms with E-state index >= 15 is 0 Å². The first-order chi connectivity index (χ1) is 15.9. The second-order valence-electron chi connectivity index (χ2n) is 7.88. The summed E-state index contributed by atoms with van der Waals surface area (Å²) in [6, 6.07) is 15.0. The average Bonchev–Trinajstić information content (AvgIpc) is 3.44. The summed E-state index contributed by atoms with van der Waals surface area (Å²) in [5.41, 5.74) is 6.12. The largest absolute Gasteiger partial charge is 0.305 e. The van der Waals surface area contributed by atoms with Gasteiger partial charge in [-0.15, -0.1) is 21.5 Å². The summed E-state index contributed by atoms with van der Waals surface area (Å²) >= 11 is 9.38. The predicted molar refractivity (Wildman–Crippen MR) is 135 cm³/mol. The maximum Gasteiger partial charge on any atom is 0.191 e. The molecule has 2 aromatic carbocycles. The first-order valence-corrected chi connectivity index (χ1v) is 12.6. The molecule has 5 rings (SSSR count). The third kappa shape index (κ3) is 4.28. The van der Waals surface area contributed by atoms with Gasteiger partial charge in [-0.05, 0) is 72.3 Å². The zero-order chi connectivity index (χ0) is 23.1. The Morgan fingerprint density at radius 1 is 1.06 bits per heavy atom. The van der Waals surface area contributed by atoms with E-state index in [1.807, 2.05) is 17.7 Å². The minimum atomic E-state index is -0.341. The second-order valence-corrected chi connectivity index (χ2v) is 10.2. The van der Waals surface area contributed by atoms with E-state index in [1.165, 1.54) is 35.0 Å². The van der Waals surface area contributed by atoms with Crippen LogP contribution in [0.1, 0.15) is 16.7 Å². The van der Waals surface area contributed by atoms with Crippen molar-refractivity contribution in [1.29, 1.82) is 0 Å². The van der Waals surface area contributed by atoms with Crippen LogP contribution in [0.25, 0.3) is 32.9 Å². The molecular formula is C25H20ClFN4S2. The lowest BCUT2D eigenvalue weighted by Gasteiger charge is -2.11.